The van der Waals surface area contributed by atoms with Crippen LogP contribution < -0.4 is 11.1 Å². The maximum atomic E-state index is 11.0. The maximum absolute atomic E-state index is 11.0. The molecule has 3 N–H and O–H groups in total. The lowest BCUT2D eigenvalue weighted by Gasteiger charge is -2.07. The highest BCUT2D eigenvalue weighted by Crippen LogP contribution is 2.28. The van der Waals surface area contributed by atoms with E-state index in [9.17, 15) is 4.79 Å². The smallest absolute Gasteiger partial charge is 0.252 e. The number of carbonyl (C=O) groups is 1. The lowest BCUT2D eigenvalue weighted by atomic mass is 10.2. The Hall–Kier alpha value is -1.58. The maximum Gasteiger partial charge on any atom is 0.252 e. The van der Waals surface area contributed by atoms with Crippen molar-refractivity contribution in [2.75, 3.05) is 11.9 Å². The number of hydrogen-bond acceptors (Lipinski definition) is 3. The molecule has 0 bridgehead atoms. The van der Waals surface area contributed by atoms with Crippen LogP contribution in [-0.2, 0) is 0 Å². The number of hydrogen-bond donors (Lipinski definition) is 2. The van der Waals surface area contributed by atoms with E-state index in [0.29, 0.717) is 11.4 Å². The molecule has 1 heterocycles. The van der Waals surface area contributed by atoms with Gasteiger partial charge in [0.1, 0.15) is 5.82 Å². The first-order valence-electron chi connectivity index (χ1n) is 4.76. The van der Waals surface area contributed by atoms with Crippen LogP contribution in [-0.4, -0.2) is 17.4 Å². The van der Waals surface area contributed by atoms with Crippen molar-refractivity contribution in [3.63, 3.8) is 0 Å². The van der Waals surface area contributed by atoms with Gasteiger partial charge in [0.15, 0.2) is 0 Å². The summed E-state index contributed by atoms with van der Waals surface area (Å²) in [6.45, 7) is 0.886. The van der Waals surface area contributed by atoms with Gasteiger partial charge in [0, 0.05) is 12.7 Å². The summed E-state index contributed by atoms with van der Waals surface area (Å²) in [5.41, 5.74) is 5.68. The third-order valence-corrected chi connectivity index (χ3v) is 2.33. The molecule has 0 aromatic carbocycles. The summed E-state index contributed by atoms with van der Waals surface area (Å²) < 4.78 is 0. The van der Waals surface area contributed by atoms with Gasteiger partial charge in [-0.3, -0.25) is 4.79 Å². The van der Waals surface area contributed by atoms with Crippen molar-refractivity contribution in [2.24, 2.45) is 11.7 Å². The Morgan fingerprint density at radius 1 is 1.64 bits per heavy atom. The monoisotopic (exact) mass is 191 g/mol. The number of nitrogens with zero attached hydrogens (tertiary/aromatic N) is 1. The SMILES string of the molecule is NC(=O)c1cccnc1NCC1CC1. The highest BCUT2D eigenvalue weighted by Gasteiger charge is 2.21. The van der Waals surface area contributed by atoms with E-state index in [2.05, 4.69) is 10.3 Å². The van der Waals surface area contributed by atoms with Crippen molar-refractivity contribution in [3.05, 3.63) is 23.9 Å². The molecule has 2 rings (SSSR count). The molecule has 74 valence electrons. The molecule has 1 aromatic heterocycles. The molecule has 4 heteroatoms. The highest BCUT2D eigenvalue weighted by molar-refractivity contribution is 5.97. The average molecular weight is 191 g/mol. The third-order valence-electron chi connectivity index (χ3n) is 2.33. The fraction of sp³-hybridized carbons (Fsp3) is 0.400. The average Bonchev–Trinajstić information content (AvgIpc) is 2.98. The van der Waals surface area contributed by atoms with Crippen molar-refractivity contribution in [1.82, 2.24) is 4.98 Å². The van der Waals surface area contributed by atoms with E-state index in [1.165, 1.54) is 12.8 Å². The minimum Gasteiger partial charge on any atom is -0.369 e. The van der Waals surface area contributed by atoms with Gasteiger partial charge in [0.25, 0.3) is 5.91 Å². The Morgan fingerprint density at radius 2 is 2.43 bits per heavy atom. The van der Waals surface area contributed by atoms with Gasteiger partial charge < -0.3 is 11.1 Å². The number of anilines is 1. The summed E-state index contributed by atoms with van der Waals surface area (Å²) in [7, 11) is 0. The quantitative estimate of drug-likeness (QED) is 0.746. The zero-order valence-electron chi connectivity index (χ0n) is 7.86. The Bertz CT molecular complexity index is 347. The molecular weight excluding hydrogens is 178 g/mol. The molecule has 14 heavy (non-hydrogen) atoms. The molecule has 0 unspecified atom stereocenters. The zero-order valence-corrected chi connectivity index (χ0v) is 7.86. The lowest BCUT2D eigenvalue weighted by Crippen LogP contribution is -2.16. The largest absolute Gasteiger partial charge is 0.369 e. The first-order chi connectivity index (χ1) is 6.77. The summed E-state index contributed by atoms with van der Waals surface area (Å²) in [5.74, 6) is 0.918. The van der Waals surface area contributed by atoms with Crippen LogP contribution >= 0.6 is 0 Å². The van der Waals surface area contributed by atoms with Crippen LogP contribution in [0.3, 0.4) is 0 Å². The summed E-state index contributed by atoms with van der Waals surface area (Å²) in [6, 6.07) is 3.40. The van der Waals surface area contributed by atoms with E-state index in [4.69, 9.17) is 5.73 Å². The van der Waals surface area contributed by atoms with Gasteiger partial charge >= 0.3 is 0 Å². The van der Waals surface area contributed by atoms with Crippen LogP contribution in [0.5, 0.6) is 0 Å². The molecule has 1 aliphatic rings. The van der Waals surface area contributed by atoms with Crippen molar-refractivity contribution in [1.29, 1.82) is 0 Å². The van der Waals surface area contributed by atoms with E-state index in [1.54, 1.807) is 18.3 Å². The molecular formula is C10H13N3O. The molecule has 0 saturated heterocycles. The second kappa shape index (κ2) is 3.65. The van der Waals surface area contributed by atoms with Crippen molar-refractivity contribution in [2.45, 2.75) is 12.8 Å². The number of primary amides is 1. The summed E-state index contributed by atoms with van der Waals surface area (Å²) in [5, 5.41) is 3.14. The fourth-order valence-electron chi connectivity index (χ4n) is 1.31. The molecule has 0 atom stereocenters. The Morgan fingerprint density at radius 3 is 3.07 bits per heavy atom. The first kappa shape index (κ1) is 8.99. The number of nitrogens with one attached hydrogen (secondary N) is 1. The van der Waals surface area contributed by atoms with Crippen molar-refractivity contribution in [3.8, 4) is 0 Å². The Balaban J connectivity index is 2.09. The minimum atomic E-state index is -0.434. The summed E-state index contributed by atoms with van der Waals surface area (Å²) in [6.07, 6.45) is 4.19. The molecule has 0 spiro atoms. The molecule has 0 aliphatic heterocycles. The van der Waals surface area contributed by atoms with Gasteiger partial charge in [0.05, 0.1) is 5.56 Å². The predicted octanol–water partition coefficient (Wildman–Crippen LogP) is 1.00. The van der Waals surface area contributed by atoms with Crippen molar-refractivity contribution < 1.29 is 4.79 Å². The number of carbonyl (C=O) groups excluding carboxylic acids is 1. The molecule has 1 saturated carbocycles. The van der Waals surface area contributed by atoms with E-state index in [0.717, 1.165) is 12.5 Å². The topological polar surface area (TPSA) is 68.0 Å². The van der Waals surface area contributed by atoms with Crippen LogP contribution in [0, 0.1) is 5.92 Å². The number of aromatic nitrogens is 1. The first-order valence-corrected chi connectivity index (χ1v) is 4.76. The van der Waals surface area contributed by atoms with Gasteiger partial charge in [-0.15, -0.1) is 0 Å². The van der Waals surface area contributed by atoms with E-state index >= 15 is 0 Å². The van der Waals surface area contributed by atoms with Crippen LogP contribution in [0.2, 0.25) is 0 Å². The summed E-state index contributed by atoms with van der Waals surface area (Å²) >= 11 is 0. The van der Waals surface area contributed by atoms with E-state index < -0.39 is 5.91 Å². The predicted molar refractivity (Wildman–Crippen MR) is 54.0 cm³/mol. The molecule has 4 nitrogen and oxygen atoms in total. The molecule has 0 radical (unpaired) electrons. The molecule has 1 aliphatic carbocycles. The molecule has 1 amide bonds. The number of rotatable bonds is 4. The van der Waals surface area contributed by atoms with Gasteiger partial charge in [0.2, 0.25) is 0 Å². The fourth-order valence-corrected chi connectivity index (χ4v) is 1.31. The van der Waals surface area contributed by atoms with Crippen LogP contribution in [0.1, 0.15) is 23.2 Å². The Kier molecular flexibility index (Phi) is 2.35. The van der Waals surface area contributed by atoms with E-state index in [1.807, 2.05) is 0 Å². The second-order valence-electron chi connectivity index (χ2n) is 3.59. The zero-order chi connectivity index (χ0) is 9.97. The third kappa shape index (κ3) is 2.02. The lowest BCUT2D eigenvalue weighted by molar-refractivity contribution is 0.100. The van der Waals surface area contributed by atoms with Crippen LogP contribution in [0.25, 0.3) is 0 Å². The van der Waals surface area contributed by atoms with Crippen LogP contribution in [0.15, 0.2) is 18.3 Å². The normalized spacial score (nSPS) is 15.1. The number of amides is 1. The second-order valence-corrected chi connectivity index (χ2v) is 3.59. The number of nitrogens with two attached hydrogens (primary N) is 1. The molecule has 1 aromatic rings. The highest BCUT2D eigenvalue weighted by atomic mass is 16.1. The van der Waals surface area contributed by atoms with E-state index in [-0.39, 0.29) is 0 Å². The summed E-state index contributed by atoms with van der Waals surface area (Å²) in [4.78, 5) is 15.1. The minimum absolute atomic E-state index is 0.434. The van der Waals surface area contributed by atoms with Crippen molar-refractivity contribution >= 4 is 11.7 Å². The van der Waals surface area contributed by atoms with Gasteiger partial charge in [-0.1, -0.05) is 0 Å². The number of pyridine rings is 1. The van der Waals surface area contributed by atoms with Crippen LogP contribution in [0.4, 0.5) is 5.82 Å². The standard InChI is InChI=1S/C10H13N3O/c11-9(14)8-2-1-5-12-10(8)13-6-7-3-4-7/h1-2,5,7H,3-4,6H2,(H2,11,14)(H,12,13). The van der Waals surface area contributed by atoms with Gasteiger partial charge in [-0.25, -0.2) is 4.98 Å². The Labute approximate surface area is 82.5 Å². The van der Waals surface area contributed by atoms with Gasteiger partial charge in [-0.05, 0) is 30.9 Å². The molecule has 1 fully saturated rings. The van der Waals surface area contributed by atoms with Gasteiger partial charge in [-0.2, -0.15) is 0 Å².